The summed E-state index contributed by atoms with van der Waals surface area (Å²) in [6, 6.07) is 7.53. The molecule has 2 unspecified atom stereocenters. The van der Waals surface area contributed by atoms with Crippen molar-refractivity contribution in [3.63, 3.8) is 0 Å². The van der Waals surface area contributed by atoms with E-state index in [1.54, 1.807) is 0 Å². The number of nitrogens with two attached hydrogens (primary N) is 1. The molecule has 118 valence electrons. The highest BCUT2D eigenvalue weighted by Crippen LogP contribution is 2.19. The van der Waals surface area contributed by atoms with Gasteiger partial charge in [-0.1, -0.05) is 29.3 Å². The summed E-state index contributed by atoms with van der Waals surface area (Å²) in [5.41, 5.74) is 10.3. The van der Waals surface area contributed by atoms with Gasteiger partial charge in [0.15, 0.2) is 0 Å². The highest BCUT2D eigenvalue weighted by molar-refractivity contribution is 5.30. The van der Waals surface area contributed by atoms with Crippen molar-refractivity contribution in [3.05, 3.63) is 34.9 Å². The molecule has 1 aliphatic heterocycles. The second-order valence-electron chi connectivity index (χ2n) is 6.86. The Kier molecular flexibility index (Phi) is 5.80. The molecule has 1 aromatic carbocycles. The fourth-order valence-corrected chi connectivity index (χ4v) is 3.41. The minimum absolute atomic E-state index is 0.146. The summed E-state index contributed by atoms with van der Waals surface area (Å²) in [6.45, 7) is 7.77. The van der Waals surface area contributed by atoms with Crippen LogP contribution in [-0.2, 0) is 0 Å². The zero-order chi connectivity index (χ0) is 15.4. The topological polar surface area (TPSA) is 32.5 Å². The van der Waals surface area contributed by atoms with Crippen molar-refractivity contribution >= 4 is 0 Å². The third-order valence-corrected chi connectivity index (χ3v) is 4.69. The zero-order valence-electron chi connectivity index (χ0n) is 14.1. The van der Waals surface area contributed by atoms with Crippen LogP contribution in [-0.4, -0.2) is 49.6 Å². The van der Waals surface area contributed by atoms with Gasteiger partial charge >= 0.3 is 0 Å². The van der Waals surface area contributed by atoms with Gasteiger partial charge in [0.2, 0.25) is 0 Å². The van der Waals surface area contributed by atoms with Gasteiger partial charge in [0.25, 0.3) is 0 Å². The SMILES string of the molecule is Cc1cc(C)cc(C(N)CCN(C)CC2CCCN2C)c1. The largest absolute Gasteiger partial charge is 0.324 e. The molecule has 0 bridgehead atoms. The Balaban J connectivity index is 1.81. The first-order valence-corrected chi connectivity index (χ1v) is 8.18. The molecule has 0 aromatic heterocycles. The lowest BCUT2D eigenvalue weighted by Gasteiger charge is -2.26. The lowest BCUT2D eigenvalue weighted by atomic mass is 9.99. The molecule has 1 fully saturated rings. The number of likely N-dealkylation sites (tertiary alicyclic amines) is 1. The monoisotopic (exact) mass is 289 g/mol. The predicted molar refractivity (Wildman–Crippen MR) is 90.6 cm³/mol. The van der Waals surface area contributed by atoms with E-state index in [0.717, 1.165) is 25.6 Å². The van der Waals surface area contributed by atoms with Crippen molar-refractivity contribution in [3.8, 4) is 0 Å². The van der Waals surface area contributed by atoms with Crippen LogP contribution in [0.5, 0.6) is 0 Å². The van der Waals surface area contributed by atoms with E-state index in [1.807, 2.05) is 0 Å². The molecule has 1 heterocycles. The molecule has 0 aliphatic carbocycles. The smallest absolute Gasteiger partial charge is 0.0307 e. The molecule has 1 saturated heterocycles. The molecule has 2 rings (SSSR count). The minimum atomic E-state index is 0.146. The Morgan fingerprint density at radius 3 is 2.52 bits per heavy atom. The van der Waals surface area contributed by atoms with Crippen LogP contribution < -0.4 is 5.73 Å². The summed E-state index contributed by atoms with van der Waals surface area (Å²) in [6.07, 6.45) is 3.71. The average Bonchev–Trinajstić information content (AvgIpc) is 2.80. The number of hydrogen-bond donors (Lipinski definition) is 1. The highest BCUT2D eigenvalue weighted by Gasteiger charge is 2.22. The second kappa shape index (κ2) is 7.39. The van der Waals surface area contributed by atoms with Crippen molar-refractivity contribution in [1.29, 1.82) is 0 Å². The molecule has 0 spiro atoms. The van der Waals surface area contributed by atoms with Gasteiger partial charge in [-0.05, 0) is 65.9 Å². The molecule has 0 amide bonds. The van der Waals surface area contributed by atoms with Gasteiger partial charge < -0.3 is 15.5 Å². The Labute approximate surface area is 130 Å². The van der Waals surface area contributed by atoms with E-state index in [2.05, 4.69) is 55.9 Å². The molecule has 2 atom stereocenters. The van der Waals surface area contributed by atoms with Crippen molar-refractivity contribution in [2.75, 3.05) is 33.7 Å². The molecule has 21 heavy (non-hydrogen) atoms. The number of nitrogens with zero attached hydrogens (tertiary/aromatic N) is 2. The summed E-state index contributed by atoms with van der Waals surface area (Å²) >= 11 is 0. The maximum atomic E-state index is 6.38. The van der Waals surface area contributed by atoms with Crippen LogP contribution in [0.1, 0.15) is 42.0 Å². The Morgan fingerprint density at radius 2 is 1.95 bits per heavy atom. The third kappa shape index (κ3) is 4.80. The van der Waals surface area contributed by atoms with Gasteiger partial charge in [0.1, 0.15) is 0 Å². The van der Waals surface area contributed by atoms with Gasteiger partial charge in [0, 0.05) is 18.6 Å². The van der Waals surface area contributed by atoms with E-state index in [0.29, 0.717) is 0 Å². The molecule has 3 nitrogen and oxygen atoms in total. The third-order valence-electron chi connectivity index (χ3n) is 4.69. The summed E-state index contributed by atoms with van der Waals surface area (Å²) in [5, 5.41) is 0. The van der Waals surface area contributed by atoms with Gasteiger partial charge in [0.05, 0.1) is 0 Å². The van der Waals surface area contributed by atoms with Gasteiger partial charge in [-0.25, -0.2) is 0 Å². The molecule has 0 radical (unpaired) electrons. The minimum Gasteiger partial charge on any atom is -0.324 e. The Bertz CT molecular complexity index is 438. The standard InChI is InChI=1S/C18H31N3/c1-14-10-15(2)12-16(11-14)18(19)7-9-20(3)13-17-6-5-8-21(17)4/h10-12,17-18H,5-9,13,19H2,1-4H3. The van der Waals surface area contributed by atoms with E-state index in [1.165, 1.54) is 36.1 Å². The van der Waals surface area contributed by atoms with Gasteiger partial charge in [-0.15, -0.1) is 0 Å². The zero-order valence-corrected chi connectivity index (χ0v) is 14.1. The lowest BCUT2D eigenvalue weighted by molar-refractivity contribution is 0.216. The first-order valence-electron chi connectivity index (χ1n) is 8.18. The van der Waals surface area contributed by atoms with Gasteiger partial charge in [-0.2, -0.15) is 0 Å². The normalized spacial score (nSPS) is 21.1. The van der Waals surface area contributed by atoms with E-state index in [-0.39, 0.29) is 6.04 Å². The van der Waals surface area contributed by atoms with Crippen molar-refractivity contribution in [2.45, 2.75) is 45.2 Å². The fraction of sp³-hybridized carbons (Fsp3) is 0.667. The second-order valence-corrected chi connectivity index (χ2v) is 6.86. The van der Waals surface area contributed by atoms with Crippen LogP contribution >= 0.6 is 0 Å². The maximum absolute atomic E-state index is 6.38. The molecular weight excluding hydrogens is 258 g/mol. The number of rotatable bonds is 6. The predicted octanol–water partition coefficient (Wildman–Crippen LogP) is 2.72. The quantitative estimate of drug-likeness (QED) is 0.874. The van der Waals surface area contributed by atoms with Crippen LogP contribution in [0, 0.1) is 13.8 Å². The van der Waals surface area contributed by atoms with E-state index in [9.17, 15) is 0 Å². The molecular formula is C18H31N3. The lowest BCUT2D eigenvalue weighted by Crippen LogP contribution is -2.37. The number of hydrogen-bond acceptors (Lipinski definition) is 3. The number of likely N-dealkylation sites (N-methyl/N-ethyl adjacent to an activating group) is 2. The van der Waals surface area contributed by atoms with Crippen LogP contribution in [0.3, 0.4) is 0 Å². The van der Waals surface area contributed by atoms with Gasteiger partial charge in [-0.3, -0.25) is 0 Å². The molecule has 3 heteroatoms. The highest BCUT2D eigenvalue weighted by atomic mass is 15.2. The van der Waals surface area contributed by atoms with E-state index >= 15 is 0 Å². The molecule has 1 aliphatic rings. The van der Waals surface area contributed by atoms with Crippen molar-refractivity contribution < 1.29 is 0 Å². The fourth-order valence-electron chi connectivity index (χ4n) is 3.41. The van der Waals surface area contributed by atoms with Crippen LogP contribution in [0.15, 0.2) is 18.2 Å². The van der Waals surface area contributed by atoms with E-state index < -0.39 is 0 Å². The average molecular weight is 289 g/mol. The number of benzene rings is 1. The molecule has 2 N–H and O–H groups in total. The van der Waals surface area contributed by atoms with Crippen molar-refractivity contribution in [2.24, 2.45) is 5.73 Å². The van der Waals surface area contributed by atoms with Crippen LogP contribution in [0.2, 0.25) is 0 Å². The Hall–Kier alpha value is -0.900. The molecule has 0 saturated carbocycles. The summed E-state index contributed by atoms with van der Waals surface area (Å²) in [4.78, 5) is 4.93. The number of aryl methyl sites for hydroxylation is 2. The molecule has 1 aromatic rings. The Morgan fingerprint density at radius 1 is 1.29 bits per heavy atom. The first-order chi connectivity index (χ1) is 9.95. The summed E-state index contributed by atoms with van der Waals surface area (Å²) in [7, 11) is 4.47. The summed E-state index contributed by atoms with van der Waals surface area (Å²) in [5.74, 6) is 0. The van der Waals surface area contributed by atoms with Crippen LogP contribution in [0.25, 0.3) is 0 Å². The van der Waals surface area contributed by atoms with Crippen LogP contribution in [0.4, 0.5) is 0 Å². The van der Waals surface area contributed by atoms with E-state index in [4.69, 9.17) is 5.73 Å². The first kappa shape index (κ1) is 16.5. The summed E-state index contributed by atoms with van der Waals surface area (Å²) < 4.78 is 0. The maximum Gasteiger partial charge on any atom is 0.0307 e. The van der Waals surface area contributed by atoms with Crippen molar-refractivity contribution in [1.82, 2.24) is 9.80 Å².